The van der Waals surface area contributed by atoms with E-state index in [2.05, 4.69) is 11.9 Å². The average Bonchev–Trinajstić information content (AvgIpc) is 2.24. The Kier molecular flexibility index (Phi) is 3.33. The molecule has 0 bridgehead atoms. The van der Waals surface area contributed by atoms with Gasteiger partial charge in [-0.3, -0.25) is 4.79 Å². The molecular weight excluding hydrogens is 242 g/mol. The molecule has 0 aromatic carbocycles. The van der Waals surface area contributed by atoms with Gasteiger partial charge in [0.25, 0.3) is 5.91 Å². The van der Waals surface area contributed by atoms with Crippen molar-refractivity contribution in [2.24, 2.45) is 0 Å². The molecule has 0 atom stereocenters. The summed E-state index contributed by atoms with van der Waals surface area (Å²) in [6.07, 6.45) is 1.67. The Bertz CT molecular complexity index is 533. The van der Waals surface area contributed by atoms with Gasteiger partial charge in [-0.2, -0.15) is 0 Å². The zero-order valence-corrected chi connectivity index (χ0v) is 9.97. The van der Waals surface area contributed by atoms with E-state index >= 15 is 0 Å². The van der Waals surface area contributed by atoms with E-state index in [9.17, 15) is 9.59 Å². The van der Waals surface area contributed by atoms with E-state index in [1.165, 1.54) is 6.07 Å². The van der Waals surface area contributed by atoms with E-state index in [-0.39, 0.29) is 5.91 Å². The van der Waals surface area contributed by atoms with Crippen molar-refractivity contribution in [3.05, 3.63) is 45.6 Å². The molecule has 17 heavy (non-hydrogen) atoms. The number of carbonyl (C=O) groups is 1. The predicted molar refractivity (Wildman–Crippen MR) is 64.3 cm³/mol. The van der Waals surface area contributed by atoms with Crippen molar-refractivity contribution in [1.29, 1.82) is 0 Å². The van der Waals surface area contributed by atoms with Gasteiger partial charge in [-0.05, 0) is 18.4 Å². The summed E-state index contributed by atoms with van der Waals surface area (Å²) >= 11 is 5.62. The van der Waals surface area contributed by atoms with Gasteiger partial charge < -0.3 is 9.73 Å². The lowest BCUT2D eigenvalue weighted by atomic mass is 9.98. The van der Waals surface area contributed by atoms with Crippen LogP contribution in [0.15, 0.2) is 27.6 Å². The molecule has 5 heteroatoms. The first-order valence-electron chi connectivity index (χ1n) is 5.33. The molecule has 0 aliphatic carbocycles. The highest BCUT2D eigenvalue weighted by Gasteiger charge is 2.25. The van der Waals surface area contributed by atoms with E-state index in [1.807, 2.05) is 0 Å². The Labute approximate surface area is 103 Å². The summed E-state index contributed by atoms with van der Waals surface area (Å²) in [7, 11) is 0. The Morgan fingerprint density at radius 1 is 1.47 bits per heavy atom. The molecule has 1 N–H and O–H groups in total. The number of alkyl halides is 1. The fourth-order valence-corrected chi connectivity index (χ4v) is 2.04. The van der Waals surface area contributed by atoms with Crippen LogP contribution in [0.3, 0.4) is 0 Å². The molecule has 1 aromatic heterocycles. The molecule has 0 radical (unpaired) electrons. The summed E-state index contributed by atoms with van der Waals surface area (Å²) in [5.74, 6) is 0.629. The van der Waals surface area contributed by atoms with Crippen LogP contribution in [-0.4, -0.2) is 11.8 Å². The van der Waals surface area contributed by atoms with Gasteiger partial charge in [0, 0.05) is 24.1 Å². The number of nitrogens with one attached hydrogen (secondary N) is 1. The van der Waals surface area contributed by atoms with Gasteiger partial charge in [-0.25, -0.2) is 4.79 Å². The van der Waals surface area contributed by atoms with E-state index < -0.39 is 5.63 Å². The lowest BCUT2D eigenvalue weighted by Gasteiger charge is -2.19. The average molecular weight is 254 g/mol. The van der Waals surface area contributed by atoms with Crippen LogP contribution in [0.5, 0.6) is 0 Å². The molecular formula is C12H12ClNO3. The fourth-order valence-electron chi connectivity index (χ4n) is 1.91. The van der Waals surface area contributed by atoms with Crippen LogP contribution in [0, 0.1) is 0 Å². The maximum Gasteiger partial charge on any atom is 0.336 e. The van der Waals surface area contributed by atoms with Crippen LogP contribution in [0.4, 0.5) is 0 Å². The van der Waals surface area contributed by atoms with Gasteiger partial charge in [-0.1, -0.05) is 6.58 Å². The highest BCUT2D eigenvalue weighted by atomic mass is 35.5. The molecule has 0 saturated heterocycles. The van der Waals surface area contributed by atoms with Gasteiger partial charge in [0.05, 0.1) is 5.56 Å². The summed E-state index contributed by atoms with van der Waals surface area (Å²) in [6, 6.07) is 1.36. The first-order valence-corrected chi connectivity index (χ1v) is 5.86. The Morgan fingerprint density at radius 2 is 2.24 bits per heavy atom. The lowest BCUT2D eigenvalue weighted by Crippen LogP contribution is -2.32. The van der Waals surface area contributed by atoms with Crippen LogP contribution in [0.2, 0.25) is 0 Å². The highest BCUT2D eigenvalue weighted by molar-refractivity contribution is 6.17. The number of carbonyl (C=O) groups excluding carboxylic acids is 1. The topological polar surface area (TPSA) is 59.3 Å². The standard InChI is InChI=1S/C12H12ClNO3/c1-7-5-9-11(12(16)14-7)8(3-2-4-13)6-10(15)17-9/h6H,1-5H2,(H,14,16). The molecule has 1 aliphatic heterocycles. The smallest absolute Gasteiger partial charge is 0.336 e. The van der Waals surface area contributed by atoms with E-state index in [4.69, 9.17) is 16.0 Å². The Hall–Kier alpha value is -1.55. The molecule has 0 saturated carbocycles. The SMILES string of the molecule is C=C1Cc2oc(=O)cc(CCCCl)c2C(=O)N1. The minimum atomic E-state index is -0.434. The lowest BCUT2D eigenvalue weighted by molar-refractivity contribution is 0.0952. The second kappa shape index (κ2) is 4.75. The van der Waals surface area contributed by atoms with Crippen LogP contribution < -0.4 is 10.9 Å². The highest BCUT2D eigenvalue weighted by Crippen LogP contribution is 2.21. The summed E-state index contributed by atoms with van der Waals surface area (Å²) in [4.78, 5) is 23.2. The molecule has 1 amide bonds. The summed E-state index contributed by atoms with van der Waals surface area (Å²) in [6.45, 7) is 3.67. The minimum absolute atomic E-state index is 0.260. The second-order valence-electron chi connectivity index (χ2n) is 3.92. The van der Waals surface area contributed by atoms with E-state index in [1.54, 1.807) is 0 Å². The third-order valence-electron chi connectivity index (χ3n) is 2.59. The summed E-state index contributed by atoms with van der Waals surface area (Å²) in [5, 5.41) is 2.64. The summed E-state index contributed by atoms with van der Waals surface area (Å²) < 4.78 is 5.05. The van der Waals surface area contributed by atoms with Gasteiger partial charge in [0.1, 0.15) is 5.76 Å². The molecule has 0 spiro atoms. The summed E-state index contributed by atoms with van der Waals surface area (Å²) in [5.41, 5.74) is 1.26. The van der Waals surface area contributed by atoms with Gasteiger partial charge in [0.2, 0.25) is 0 Å². The number of allylic oxidation sites excluding steroid dienone is 1. The number of fused-ring (bicyclic) bond motifs is 1. The number of amides is 1. The van der Waals surface area contributed by atoms with Crippen molar-refractivity contribution in [3.8, 4) is 0 Å². The Balaban J connectivity index is 2.49. The quantitative estimate of drug-likeness (QED) is 0.833. The number of hydrogen-bond acceptors (Lipinski definition) is 3. The molecule has 4 nitrogen and oxygen atoms in total. The minimum Gasteiger partial charge on any atom is -0.427 e. The molecule has 2 heterocycles. The number of aryl methyl sites for hydroxylation is 1. The predicted octanol–water partition coefficient (Wildman–Crippen LogP) is 1.61. The maximum absolute atomic E-state index is 11.8. The molecule has 90 valence electrons. The molecule has 1 aromatic rings. The van der Waals surface area contributed by atoms with Gasteiger partial charge in [-0.15, -0.1) is 11.6 Å². The first kappa shape index (κ1) is 11.9. The van der Waals surface area contributed by atoms with Crippen molar-refractivity contribution < 1.29 is 9.21 Å². The van der Waals surface area contributed by atoms with Crippen molar-refractivity contribution in [3.63, 3.8) is 0 Å². The largest absolute Gasteiger partial charge is 0.427 e. The first-order chi connectivity index (χ1) is 8.11. The molecule has 1 aliphatic rings. The van der Waals surface area contributed by atoms with Gasteiger partial charge >= 0.3 is 5.63 Å². The van der Waals surface area contributed by atoms with Crippen LogP contribution in [0.1, 0.15) is 28.1 Å². The normalized spacial score (nSPS) is 14.4. The molecule has 0 unspecified atom stereocenters. The van der Waals surface area contributed by atoms with Crippen molar-refractivity contribution in [1.82, 2.24) is 5.32 Å². The van der Waals surface area contributed by atoms with Crippen molar-refractivity contribution in [2.75, 3.05) is 5.88 Å². The maximum atomic E-state index is 11.8. The third-order valence-corrected chi connectivity index (χ3v) is 2.85. The number of hydrogen-bond donors (Lipinski definition) is 1. The second-order valence-corrected chi connectivity index (χ2v) is 4.29. The van der Waals surface area contributed by atoms with Gasteiger partial charge in [0.15, 0.2) is 0 Å². The van der Waals surface area contributed by atoms with Crippen molar-refractivity contribution in [2.45, 2.75) is 19.3 Å². The monoisotopic (exact) mass is 253 g/mol. The van der Waals surface area contributed by atoms with E-state index in [0.717, 1.165) is 0 Å². The Morgan fingerprint density at radius 3 is 2.94 bits per heavy atom. The van der Waals surface area contributed by atoms with E-state index in [0.29, 0.717) is 47.7 Å². The van der Waals surface area contributed by atoms with Crippen LogP contribution in [0.25, 0.3) is 0 Å². The number of halogens is 1. The molecule has 0 fully saturated rings. The number of rotatable bonds is 3. The zero-order valence-electron chi connectivity index (χ0n) is 9.22. The zero-order chi connectivity index (χ0) is 12.4. The van der Waals surface area contributed by atoms with Crippen molar-refractivity contribution >= 4 is 17.5 Å². The fraction of sp³-hybridized carbons (Fsp3) is 0.333. The third kappa shape index (κ3) is 2.42. The van der Waals surface area contributed by atoms with Crippen LogP contribution in [-0.2, 0) is 12.8 Å². The van der Waals surface area contributed by atoms with Crippen LogP contribution >= 0.6 is 11.6 Å². The molecule has 2 rings (SSSR count).